The first-order valence-electron chi connectivity index (χ1n) is 46.4. The van der Waals surface area contributed by atoms with Gasteiger partial charge in [-0.25, -0.2) is 4.98 Å². The van der Waals surface area contributed by atoms with Crippen molar-refractivity contribution in [1.82, 2.24) is 24.1 Å². The average molecular weight is 1100 g/mol. The van der Waals surface area contributed by atoms with Crippen molar-refractivity contribution in [3.05, 3.63) is 308 Å². The highest BCUT2D eigenvalue weighted by atomic mass is 28.3. The second-order valence-corrected chi connectivity index (χ2v) is 20.9. The molecule has 0 N–H and O–H groups in total. The first-order chi connectivity index (χ1) is 58.9. The van der Waals surface area contributed by atoms with Crippen molar-refractivity contribution in [2.75, 3.05) is 0 Å². The van der Waals surface area contributed by atoms with Gasteiger partial charge in [0.25, 0.3) is 0 Å². The highest BCUT2D eigenvalue weighted by molar-refractivity contribution is 7.20. The minimum absolute atomic E-state index is 0.442. The van der Waals surface area contributed by atoms with E-state index < -0.39 is 412 Å². The third-order valence-electron chi connectivity index (χ3n) is 12.9. The Hall–Kier alpha value is -10.5. The molecule has 0 bridgehead atoms. The molecule has 0 fully saturated rings. The number of hydrogen-bond donors (Lipinski definition) is 0. The van der Waals surface area contributed by atoms with E-state index in [0.29, 0.717) is 16.7 Å². The lowest BCUT2D eigenvalue weighted by molar-refractivity contribution is 0.952. The molecule has 1 unspecified atom stereocenters. The number of nitrogens with zero attached hydrogens (tertiary/aromatic N) is 5. The van der Waals surface area contributed by atoms with Gasteiger partial charge in [-0.15, -0.1) is 0 Å². The van der Waals surface area contributed by atoms with E-state index in [9.17, 15) is 38.4 Å². The number of benzene rings is 12. The van der Waals surface area contributed by atoms with Crippen LogP contribution in [0.2, 0.25) is 0 Å². The SMILES string of the molecule is [2H]c1cc([Si](c2c([2H])c([2H])c([2H])c([2H])c2[2H])(c2c([2H])c([2H])c([2H])c(-c3nc(-c4ccccc4-n4c5c([2H])c([2H])c([2H])c([2H])c5c5c([2H])c([2H])c([2H])c([2H])c54)nc(-n4c5c([2H])c([2H])c([2H])c([2H])c5c5c([2H])c(-c6c([2H])c([2H])c([2H])c([2H])c6[2H])c([2H])c([2H])c54)n3)c2[2H])c2c([2H])c([2H])c([2H])c(-c3c([2H])c([2H])c([2H])c([2H])c3[2H])c2[2H])cc(-c2c([2H])c([2H])c([2H])c([2H])c2[2H])c1[2H]. The summed E-state index contributed by atoms with van der Waals surface area (Å²) in [6.45, 7) is 0. The van der Waals surface area contributed by atoms with Gasteiger partial charge in [-0.3, -0.25) is 4.57 Å². The van der Waals surface area contributed by atoms with Gasteiger partial charge in [-0.1, -0.05) is 266 Å². The van der Waals surface area contributed by atoms with Crippen LogP contribution in [0, 0.1) is 0 Å². The fraction of sp³-hybridized carbons (Fsp3) is 0. The minimum atomic E-state index is -6.88. The molecule has 3 heterocycles. The van der Waals surface area contributed by atoms with Gasteiger partial charge in [0, 0.05) is 32.7 Å². The predicted octanol–water partition coefficient (Wildman–Crippen LogP) is 15.8. The molecule has 0 spiro atoms. The Kier molecular flexibility index (Phi) is 5.02. The van der Waals surface area contributed by atoms with E-state index in [1.165, 1.54) is 18.2 Å². The molecule has 1 atom stereocenters. The van der Waals surface area contributed by atoms with E-state index in [1.807, 2.05) is 0 Å². The summed E-state index contributed by atoms with van der Waals surface area (Å²) in [5.74, 6) is -3.35. The molecule has 81 heavy (non-hydrogen) atoms. The second-order valence-electron chi connectivity index (χ2n) is 17.3. The van der Waals surface area contributed by atoms with Crippen molar-refractivity contribution in [2.45, 2.75) is 0 Å². The summed E-state index contributed by atoms with van der Waals surface area (Å²) in [4.78, 5) is 14.4. The van der Waals surface area contributed by atoms with Crippen molar-refractivity contribution < 1.29 is 61.7 Å². The van der Waals surface area contributed by atoms with Gasteiger partial charge in [-0.2, -0.15) is 9.97 Å². The lowest BCUT2D eigenvalue weighted by Gasteiger charge is -2.35. The predicted molar refractivity (Wildman–Crippen MR) is 339 cm³/mol. The van der Waals surface area contributed by atoms with E-state index in [2.05, 4.69) is 0 Å². The summed E-state index contributed by atoms with van der Waals surface area (Å²) in [5, 5.41) is -7.52. The molecular formula is C75H51N5Si. The molecule has 6 heteroatoms. The topological polar surface area (TPSA) is 48.5 Å². The van der Waals surface area contributed by atoms with Gasteiger partial charge in [-0.05, 0) is 96.5 Å². The fourth-order valence-electron chi connectivity index (χ4n) is 9.51. The largest absolute Gasteiger partial charge is 0.309 e. The van der Waals surface area contributed by atoms with E-state index >= 15 is 0 Å². The molecular weight excluding hydrogens is 999 g/mol. The summed E-state index contributed by atoms with van der Waals surface area (Å²) in [6, 6.07) is -45.5. The third-order valence-corrected chi connectivity index (χ3v) is 17.1. The van der Waals surface area contributed by atoms with Crippen molar-refractivity contribution >= 4 is 72.4 Å². The quantitative estimate of drug-likeness (QED) is 0.0958. The average Bonchev–Trinajstić information content (AvgIpc) is 0.724. The lowest BCUT2D eigenvalue weighted by atomic mass is 10.0. The Bertz CT molecular complexity index is 7420. The smallest absolute Gasteiger partial charge is 0.238 e. The van der Waals surface area contributed by atoms with E-state index in [4.69, 9.17) is 38.3 Å². The normalized spacial score (nSPS) is 20.1. The van der Waals surface area contributed by atoms with Crippen molar-refractivity contribution in [3.8, 4) is 67.8 Å². The first-order valence-corrected chi connectivity index (χ1v) is 25.9. The van der Waals surface area contributed by atoms with Gasteiger partial charge < -0.3 is 4.57 Å². The highest BCUT2D eigenvalue weighted by Crippen LogP contribution is 2.38. The van der Waals surface area contributed by atoms with Crippen LogP contribution in [0.15, 0.2) is 308 Å². The van der Waals surface area contributed by atoms with Crippen molar-refractivity contribution in [1.29, 1.82) is 0 Å². The number of aromatic nitrogens is 5. The van der Waals surface area contributed by atoms with Crippen LogP contribution < -0.4 is 20.7 Å². The fourth-order valence-corrected chi connectivity index (χ4v) is 13.4. The molecule has 5 nitrogen and oxygen atoms in total. The molecule has 0 aliphatic carbocycles. The summed E-state index contributed by atoms with van der Waals surface area (Å²) in [7, 11) is -6.88. The summed E-state index contributed by atoms with van der Waals surface area (Å²) in [5.41, 5.74) is -11.0. The molecule has 0 aliphatic heterocycles. The molecule has 0 saturated carbocycles. The van der Waals surface area contributed by atoms with Crippen LogP contribution in [0.3, 0.4) is 0 Å². The van der Waals surface area contributed by atoms with Crippen LogP contribution in [0.4, 0.5) is 0 Å². The van der Waals surface area contributed by atoms with Gasteiger partial charge in [0.2, 0.25) is 5.95 Å². The summed E-state index contributed by atoms with van der Waals surface area (Å²) in [6.07, 6.45) is 0. The van der Waals surface area contributed by atoms with Gasteiger partial charge >= 0.3 is 0 Å². The Balaban J connectivity index is 1.23. The molecule has 15 aromatic rings. The number of rotatable bonds is 11. The zero-order valence-corrected chi connectivity index (χ0v) is 41.7. The van der Waals surface area contributed by atoms with Gasteiger partial charge in [0.15, 0.2) is 19.7 Å². The monoisotopic (exact) mass is 1090 g/mol. The molecule has 0 radical (unpaired) electrons. The van der Waals surface area contributed by atoms with Gasteiger partial charge in [0.05, 0.1) is 89.4 Å². The van der Waals surface area contributed by atoms with Crippen LogP contribution in [0.5, 0.6) is 0 Å². The highest BCUT2D eigenvalue weighted by Gasteiger charge is 2.42. The Morgan fingerprint density at radius 3 is 1.40 bits per heavy atom. The molecule has 0 saturated heterocycles. The minimum Gasteiger partial charge on any atom is -0.309 e. The Labute approximate surface area is 534 Å². The molecule has 15 rings (SSSR count). The lowest BCUT2D eigenvalue weighted by Crippen LogP contribution is -2.74. The maximum absolute atomic E-state index is 11.2. The van der Waals surface area contributed by atoms with E-state index in [-0.39, 0.29) is 0 Å². The molecule has 380 valence electrons. The molecule has 0 amide bonds. The van der Waals surface area contributed by atoms with E-state index in [0.717, 1.165) is 10.6 Å². The zero-order chi connectivity index (χ0) is 92.9. The Morgan fingerprint density at radius 1 is 0.296 bits per heavy atom. The van der Waals surface area contributed by atoms with Crippen LogP contribution >= 0.6 is 0 Å². The van der Waals surface area contributed by atoms with Crippen molar-refractivity contribution in [3.63, 3.8) is 0 Å². The Morgan fingerprint density at radius 2 is 0.753 bits per heavy atom. The van der Waals surface area contributed by atoms with Crippen molar-refractivity contribution in [2.24, 2.45) is 0 Å². The third kappa shape index (κ3) is 8.19. The van der Waals surface area contributed by atoms with Crippen LogP contribution in [-0.2, 0) is 0 Å². The second kappa shape index (κ2) is 20.0. The maximum Gasteiger partial charge on any atom is 0.238 e. The molecule has 3 aromatic heterocycles. The summed E-state index contributed by atoms with van der Waals surface area (Å²) < 4.78 is 426. The zero-order valence-electron chi connectivity index (χ0n) is 85.7. The molecule has 12 aromatic carbocycles. The number of para-hydroxylation sites is 4. The van der Waals surface area contributed by atoms with E-state index in [1.54, 1.807) is 0 Å². The molecule has 0 aliphatic rings. The van der Waals surface area contributed by atoms with Crippen LogP contribution in [0.1, 0.15) is 61.7 Å². The first kappa shape index (κ1) is 20.3. The number of hydrogen-bond acceptors (Lipinski definition) is 3. The van der Waals surface area contributed by atoms with Crippen LogP contribution in [0.25, 0.3) is 111 Å². The summed E-state index contributed by atoms with van der Waals surface area (Å²) >= 11 is 0. The van der Waals surface area contributed by atoms with Crippen LogP contribution in [-0.4, -0.2) is 32.2 Å². The standard InChI is InChI=1S/C75H51N5Si/c1-5-24-52(25-6-1)55-30-21-35-60(48-55)81(59-33-11-4-12-34-59,61-36-22-31-56(49-61)53-26-7-2-8-27-53)62-37-23-32-58(50-62)73-76-74(66-41-16-20-45-71(66)79-68-42-17-13-38-63(68)64-39-14-18-43-69(64)79)78-75(77-73)80-70-44-19-15-40-65(70)67-51-57(46-47-72(67)80)54-28-9-3-10-29-54/h1-51H/i1D,2D,3D,4D,5D,6D,7D,8D,9D,10D,11D,12D,13D,14D,15D,17D,18D,19D,21D,22D,23D,24D,25D,26D,27D,28D,29D,30D,31D,32D,33D,34D,35D,37D,38D,39D,40D,42D,43D,44D,46D,47D,48D,50D,51D. The van der Waals surface area contributed by atoms with Gasteiger partial charge in [0.1, 0.15) is 0 Å². The maximum atomic E-state index is 11.2. The number of fused-ring (bicyclic) bond motifs is 6.